The second kappa shape index (κ2) is 9.61. The van der Waals surface area contributed by atoms with E-state index in [-0.39, 0.29) is 23.7 Å². The van der Waals surface area contributed by atoms with Gasteiger partial charge in [-0.3, -0.25) is 9.59 Å². The van der Waals surface area contributed by atoms with Crippen molar-refractivity contribution in [3.8, 4) is 0 Å². The van der Waals surface area contributed by atoms with Crippen molar-refractivity contribution in [3.63, 3.8) is 0 Å². The second-order valence-corrected chi connectivity index (χ2v) is 8.29. The van der Waals surface area contributed by atoms with Crippen molar-refractivity contribution in [2.45, 2.75) is 38.4 Å². The van der Waals surface area contributed by atoms with Crippen molar-refractivity contribution in [1.82, 2.24) is 25.1 Å². The number of carbonyl (C=O) groups excluding carboxylic acids is 1. The number of nitrogens with one attached hydrogen (secondary N) is 2. The molecule has 2 aliphatic heterocycles. The fraction of sp³-hybridized carbons (Fsp3) is 0.550. The van der Waals surface area contributed by atoms with E-state index in [2.05, 4.69) is 30.4 Å². The molecule has 0 unspecified atom stereocenters. The summed E-state index contributed by atoms with van der Waals surface area (Å²) in [4.78, 5) is 36.8. The van der Waals surface area contributed by atoms with Gasteiger partial charge in [0, 0.05) is 38.3 Å². The summed E-state index contributed by atoms with van der Waals surface area (Å²) in [5.74, 6) is 0.752. The number of carbonyl (C=O) groups is 1. The maximum absolute atomic E-state index is 12.7. The number of nitrogens with zero attached hydrogens (tertiary/aromatic N) is 5. The lowest BCUT2D eigenvalue weighted by molar-refractivity contribution is -0.134. The van der Waals surface area contributed by atoms with Gasteiger partial charge in [0.1, 0.15) is 0 Å². The van der Waals surface area contributed by atoms with Crippen LogP contribution in [0.15, 0.2) is 23.4 Å². The molecule has 1 amide bonds. The van der Waals surface area contributed by atoms with Crippen molar-refractivity contribution in [2.24, 2.45) is 0 Å². The van der Waals surface area contributed by atoms with Gasteiger partial charge in [0.05, 0.1) is 47.9 Å². The Hall–Kier alpha value is -2.72. The minimum absolute atomic E-state index is 0.00962. The van der Waals surface area contributed by atoms with Gasteiger partial charge in [0.25, 0.3) is 5.56 Å². The summed E-state index contributed by atoms with van der Waals surface area (Å²) < 4.78 is 6.06. The van der Waals surface area contributed by atoms with E-state index in [1.165, 1.54) is 0 Å². The number of H-pyrrole nitrogens is 1. The maximum Gasteiger partial charge on any atom is 0.269 e. The molecule has 0 radical (unpaired) electrons. The molecular formula is C20H26ClN7O3. The van der Waals surface area contributed by atoms with E-state index in [4.69, 9.17) is 16.3 Å². The van der Waals surface area contributed by atoms with Gasteiger partial charge < -0.3 is 19.9 Å². The van der Waals surface area contributed by atoms with Crippen molar-refractivity contribution in [2.75, 3.05) is 42.9 Å². The summed E-state index contributed by atoms with van der Waals surface area (Å²) >= 11 is 5.84. The molecule has 2 atom stereocenters. The third-order valence-electron chi connectivity index (χ3n) is 5.74. The lowest BCUT2D eigenvalue weighted by atomic mass is 10.1. The second-order valence-electron chi connectivity index (χ2n) is 7.85. The smallest absolute Gasteiger partial charge is 0.269 e. The average Bonchev–Trinajstić information content (AvgIpc) is 3.22. The van der Waals surface area contributed by atoms with Crippen LogP contribution in [0.2, 0.25) is 5.02 Å². The molecule has 0 aromatic carbocycles. The molecule has 0 aliphatic carbocycles. The number of piperazine rings is 1. The van der Waals surface area contributed by atoms with Gasteiger partial charge in [0.15, 0.2) is 0 Å². The zero-order chi connectivity index (χ0) is 21.8. The third kappa shape index (κ3) is 5.31. The van der Waals surface area contributed by atoms with E-state index in [0.29, 0.717) is 61.4 Å². The van der Waals surface area contributed by atoms with E-state index >= 15 is 0 Å². The summed E-state index contributed by atoms with van der Waals surface area (Å²) in [7, 11) is 0. The molecule has 2 aliphatic rings. The van der Waals surface area contributed by atoms with Crippen LogP contribution >= 0.6 is 11.6 Å². The number of ether oxygens (including phenoxy) is 1. The Morgan fingerprint density at radius 1 is 1.19 bits per heavy atom. The summed E-state index contributed by atoms with van der Waals surface area (Å²) in [6, 6.07) is 0. The lowest BCUT2D eigenvalue weighted by Gasteiger charge is -2.35. The molecular weight excluding hydrogens is 422 g/mol. The highest BCUT2D eigenvalue weighted by Crippen LogP contribution is 2.24. The highest BCUT2D eigenvalue weighted by molar-refractivity contribution is 6.30. The standard InChI is InChI=1S/C20H26ClN7O3/c1-13-17(12-25-26-19(13)30)22-11-16-3-2-15(31-16)8-18(29)27-4-6-28(7-5-27)20-23-9-14(21)10-24-20/h9-10,12,15-16H,2-8,11H2,1H3,(H2,22,26,30)/t15-,16+/m0/s1. The van der Waals surface area contributed by atoms with Crippen LogP contribution in [0, 0.1) is 6.92 Å². The SMILES string of the molecule is Cc1c(NC[C@H]2CC[C@@H](CC(=O)N3CCN(c4ncc(Cl)cn4)CC3)O2)cn[nH]c1=O. The van der Waals surface area contributed by atoms with Gasteiger partial charge >= 0.3 is 0 Å². The molecule has 31 heavy (non-hydrogen) atoms. The van der Waals surface area contributed by atoms with E-state index in [0.717, 1.165) is 12.8 Å². The van der Waals surface area contributed by atoms with Crippen LogP contribution in [0.1, 0.15) is 24.8 Å². The van der Waals surface area contributed by atoms with Crippen molar-refractivity contribution in [1.29, 1.82) is 0 Å². The van der Waals surface area contributed by atoms with Crippen LogP contribution < -0.4 is 15.8 Å². The molecule has 4 heterocycles. The number of hydrogen-bond acceptors (Lipinski definition) is 8. The quantitative estimate of drug-likeness (QED) is 0.679. The number of amides is 1. The first-order valence-electron chi connectivity index (χ1n) is 10.4. The molecule has 0 spiro atoms. The number of aromatic amines is 1. The Morgan fingerprint density at radius 3 is 2.65 bits per heavy atom. The van der Waals surface area contributed by atoms with Crippen molar-refractivity contribution in [3.05, 3.63) is 39.5 Å². The Bertz CT molecular complexity index is 960. The molecule has 10 nitrogen and oxygen atoms in total. The summed E-state index contributed by atoms with van der Waals surface area (Å²) in [5, 5.41) is 9.96. The molecule has 2 aromatic rings. The summed E-state index contributed by atoms with van der Waals surface area (Å²) in [5.41, 5.74) is 1.10. The maximum atomic E-state index is 12.7. The van der Waals surface area contributed by atoms with E-state index in [1.807, 2.05) is 4.90 Å². The molecule has 0 bridgehead atoms. The monoisotopic (exact) mass is 447 g/mol. The molecule has 11 heteroatoms. The third-order valence-corrected chi connectivity index (χ3v) is 5.94. The zero-order valence-corrected chi connectivity index (χ0v) is 18.1. The predicted molar refractivity (Wildman–Crippen MR) is 116 cm³/mol. The first kappa shape index (κ1) is 21.5. The summed E-state index contributed by atoms with van der Waals surface area (Å²) in [6.07, 6.45) is 6.81. The highest BCUT2D eigenvalue weighted by Gasteiger charge is 2.30. The van der Waals surface area contributed by atoms with Crippen LogP contribution in [0.5, 0.6) is 0 Å². The Balaban J connectivity index is 1.20. The van der Waals surface area contributed by atoms with Crippen molar-refractivity contribution >= 4 is 29.1 Å². The number of rotatable bonds is 6. The predicted octanol–water partition coefficient (Wildman–Crippen LogP) is 1.22. The first-order chi connectivity index (χ1) is 15.0. The largest absolute Gasteiger partial charge is 0.381 e. The van der Waals surface area contributed by atoms with Gasteiger partial charge in [-0.15, -0.1) is 0 Å². The molecule has 2 N–H and O–H groups in total. The number of halogens is 1. The molecule has 4 rings (SSSR count). The Labute approximate surface area is 185 Å². The van der Waals surface area contributed by atoms with Crippen LogP contribution in [0.3, 0.4) is 0 Å². The van der Waals surface area contributed by atoms with E-state index in [1.54, 1.807) is 25.5 Å². The molecule has 166 valence electrons. The van der Waals surface area contributed by atoms with Gasteiger partial charge in [-0.2, -0.15) is 5.10 Å². The summed E-state index contributed by atoms with van der Waals surface area (Å²) in [6.45, 7) is 4.98. The Kier molecular flexibility index (Phi) is 6.67. The fourth-order valence-electron chi connectivity index (χ4n) is 3.89. The van der Waals surface area contributed by atoms with Gasteiger partial charge in [-0.05, 0) is 19.8 Å². The van der Waals surface area contributed by atoms with Crippen LogP contribution in [0.25, 0.3) is 0 Å². The fourth-order valence-corrected chi connectivity index (χ4v) is 3.99. The minimum atomic E-state index is -0.205. The average molecular weight is 448 g/mol. The number of hydrogen-bond donors (Lipinski definition) is 2. The Morgan fingerprint density at radius 2 is 1.90 bits per heavy atom. The van der Waals surface area contributed by atoms with Gasteiger partial charge in [-0.1, -0.05) is 11.6 Å². The van der Waals surface area contributed by atoms with Gasteiger partial charge in [0.2, 0.25) is 11.9 Å². The topological polar surface area (TPSA) is 116 Å². The molecule has 2 aromatic heterocycles. The van der Waals surface area contributed by atoms with Crippen molar-refractivity contribution < 1.29 is 9.53 Å². The normalized spacial score (nSPS) is 21.4. The first-order valence-corrected chi connectivity index (χ1v) is 10.8. The zero-order valence-electron chi connectivity index (χ0n) is 17.4. The van der Waals surface area contributed by atoms with E-state index < -0.39 is 0 Å². The van der Waals surface area contributed by atoms with Crippen LogP contribution in [-0.2, 0) is 9.53 Å². The number of anilines is 2. The lowest BCUT2D eigenvalue weighted by Crippen LogP contribution is -2.49. The van der Waals surface area contributed by atoms with Crippen LogP contribution in [-0.4, -0.2) is 75.9 Å². The highest BCUT2D eigenvalue weighted by atomic mass is 35.5. The van der Waals surface area contributed by atoms with E-state index in [9.17, 15) is 9.59 Å². The minimum Gasteiger partial charge on any atom is -0.381 e. The molecule has 0 saturated carbocycles. The van der Waals surface area contributed by atoms with Crippen LogP contribution in [0.4, 0.5) is 11.6 Å². The molecule has 2 fully saturated rings. The molecule has 2 saturated heterocycles. The number of aromatic nitrogens is 4. The van der Waals surface area contributed by atoms with Gasteiger partial charge in [-0.25, -0.2) is 15.1 Å².